The Morgan fingerprint density at radius 1 is 0.514 bits per heavy atom. The SMILES string of the molecule is CC/C=C\C/C=C\C/C=C\C/C=C\C/C=C\CCCCCCCCOCC(COC1OC(CO)C(O)C(OS(=O)(=O)O)C1O)OC(=O)CCCCCCCCCCCCCC/C=C\C/C=C\C/C=C\C/C=C\CC. The minimum atomic E-state index is -5.08. The quantitative estimate of drug-likeness (QED) is 0.0196. The number of unbranched alkanes of at least 4 members (excludes halogenated alkanes) is 18. The Bertz CT molecular complexity index is 1700. The summed E-state index contributed by atoms with van der Waals surface area (Å²) in [4.78, 5) is 13.0. The van der Waals surface area contributed by atoms with Crippen molar-refractivity contribution in [2.24, 2.45) is 0 Å². The number of aliphatic hydroxyl groups is 3. The Morgan fingerprint density at radius 2 is 0.892 bits per heavy atom. The lowest BCUT2D eigenvalue weighted by Crippen LogP contribution is -2.60. The van der Waals surface area contributed by atoms with E-state index in [9.17, 15) is 33.1 Å². The molecule has 0 aromatic rings. The van der Waals surface area contributed by atoms with Gasteiger partial charge in [-0.1, -0.05) is 213 Å². The van der Waals surface area contributed by atoms with Crippen LogP contribution < -0.4 is 0 Å². The molecule has 0 amide bonds. The maximum atomic E-state index is 13.0. The summed E-state index contributed by atoms with van der Waals surface area (Å²) in [5.41, 5.74) is 0. The van der Waals surface area contributed by atoms with Gasteiger partial charge in [0, 0.05) is 13.0 Å². The van der Waals surface area contributed by atoms with Crippen molar-refractivity contribution in [2.45, 2.75) is 243 Å². The molecule has 13 heteroatoms. The highest BCUT2D eigenvalue weighted by atomic mass is 32.3. The molecule has 1 fully saturated rings. The molecule has 1 aliphatic rings. The zero-order valence-corrected chi connectivity index (χ0v) is 46.7. The highest BCUT2D eigenvalue weighted by molar-refractivity contribution is 7.80. The summed E-state index contributed by atoms with van der Waals surface area (Å²) in [7, 11) is -5.08. The molecule has 1 heterocycles. The summed E-state index contributed by atoms with van der Waals surface area (Å²) in [5.74, 6) is -0.411. The first-order chi connectivity index (χ1) is 36.1. The summed E-state index contributed by atoms with van der Waals surface area (Å²) >= 11 is 0. The molecule has 0 saturated carbocycles. The number of hydrogen-bond donors (Lipinski definition) is 4. The van der Waals surface area contributed by atoms with Gasteiger partial charge in [-0.15, -0.1) is 0 Å². The topological polar surface area (TPSA) is 178 Å². The van der Waals surface area contributed by atoms with E-state index >= 15 is 0 Å². The molecule has 1 aliphatic heterocycles. The van der Waals surface area contributed by atoms with Crippen LogP contribution in [0.25, 0.3) is 0 Å². The maximum Gasteiger partial charge on any atom is 0.397 e. The second-order valence-corrected chi connectivity index (χ2v) is 20.2. The van der Waals surface area contributed by atoms with E-state index in [4.69, 9.17) is 18.9 Å². The Kier molecular flexibility index (Phi) is 47.0. The Morgan fingerprint density at radius 3 is 1.30 bits per heavy atom. The van der Waals surface area contributed by atoms with E-state index in [1.54, 1.807) is 0 Å². The molecule has 0 aliphatic carbocycles. The molecule has 4 N–H and O–H groups in total. The first kappa shape index (κ1) is 68.8. The fraction of sp³-hybridized carbons (Fsp3) is 0.689. The number of aliphatic hydroxyl groups excluding tert-OH is 3. The van der Waals surface area contributed by atoms with E-state index in [0.29, 0.717) is 13.0 Å². The average Bonchev–Trinajstić information content (AvgIpc) is 3.38. The zero-order chi connectivity index (χ0) is 53.8. The standard InChI is InChI=1S/C61H102O12S/c1-3-5-7-9-11-13-15-17-19-21-23-25-27-28-29-30-32-34-36-38-40-42-44-46-48-50-57(63)71-55(54-70-61-59(65)60(73-74(66,67)68)58(64)56(52-62)72-61)53-69-51-49-47-45-43-41-39-37-35-33-31-26-24-22-20-18-16-14-12-10-8-6-4-2/h5-8,11-14,17-20,23-26,33,35,55-56,58-62,64-65H,3-4,9-10,15-16,21-22,27-32,34,36-54H2,1-2H3,(H,66,67,68)/b7-5-,8-6-,13-11-,14-12-,19-17-,20-18-,25-23-,26-24-,35-33-. The van der Waals surface area contributed by atoms with Crippen LogP contribution >= 0.6 is 0 Å². The summed E-state index contributed by atoms with van der Waals surface area (Å²) in [6.45, 7) is 3.73. The molecule has 0 aromatic heterocycles. The Balaban J connectivity index is 2.32. The zero-order valence-electron chi connectivity index (χ0n) is 45.9. The smallest absolute Gasteiger partial charge is 0.397 e. The molecule has 6 atom stereocenters. The van der Waals surface area contributed by atoms with Gasteiger partial charge in [-0.3, -0.25) is 9.35 Å². The third kappa shape index (κ3) is 42.9. The second kappa shape index (κ2) is 50.6. The molecule has 424 valence electrons. The van der Waals surface area contributed by atoms with Crippen LogP contribution in [0.2, 0.25) is 0 Å². The highest BCUT2D eigenvalue weighted by Gasteiger charge is 2.48. The molecular weight excluding hydrogens is 957 g/mol. The van der Waals surface area contributed by atoms with Gasteiger partial charge < -0.3 is 34.3 Å². The number of hydrogen-bond acceptors (Lipinski definition) is 11. The number of allylic oxidation sites excluding steroid dienone is 18. The van der Waals surface area contributed by atoms with Crippen LogP contribution in [0, 0.1) is 0 Å². The van der Waals surface area contributed by atoms with E-state index in [1.807, 2.05) is 0 Å². The van der Waals surface area contributed by atoms with Crippen LogP contribution in [0.4, 0.5) is 0 Å². The number of esters is 1. The molecule has 0 radical (unpaired) electrons. The predicted octanol–water partition coefficient (Wildman–Crippen LogP) is 14.3. The Hall–Kier alpha value is -3.24. The van der Waals surface area contributed by atoms with Crippen LogP contribution in [0.1, 0.15) is 206 Å². The lowest BCUT2D eigenvalue weighted by atomic mass is 9.99. The molecule has 0 spiro atoms. The largest absolute Gasteiger partial charge is 0.457 e. The minimum Gasteiger partial charge on any atom is -0.457 e. The molecule has 0 bridgehead atoms. The van der Waals surface area contributed by atoms with Crippen molar-refractivity contribution in [3.63, 3.8) is 0 Å². The van der Waals surface area contributed by atoms with E-state index in [1.165, 1.54) is 57.8 Å². The molecular formula is C61H102O12S. The fourth-order valence-electron chi connectivity index (χ4n) is 8.16. The molecule has 6 unspecified atom stereocenters. The van der Waals surface area contributed by atoms with E-state index in [2.05, 4.69) is 127 Å². The van der Waals surface area contributed by atoms with Crippen molar-refractivity contribution in [3.05, 3.63) is 109 Å². The molecule has 12 nitrogen and oxygen atoms in total. The van der Waals surface area contributed by atoms with Gasteiger partial charge in [0.1, 0.15) is 30.5 Å². The van der Waals surface area contributed by atoms with Crippen molar-refractivity contribution in [3.8, 4) is 0 Å². The first-order valence-electron chi connectivity index (χ1n) is 28.6. The van der Waals surface area contributed by atoms with Crippen LogP contribution in [0.3, 0.4) is 0 Å². The first-order valence-corrected chi connectivity index (χ1v) is 30.0. The molecule has 1 rings (SSSR count). The van der Waals surface area contributed by atoms with Gasteiger partial charge in [0.15, 0.2) is 6.29 Å². The monoisotopic (exact) mass is 1060 g/mol. The van der Waals surface area contributed by atoms with Crippen LogP contribution in [-0.2, 0) is 38.3 Å². The fourth-order valence-corrected chi connectivity index (χ4v) is 8.67. The van der Waals surface area contributed by atoms with Gasteiger partial charge in [-0.2, -0.15) is 8.42 Å². The van der Waals surface area contributed by atoms with E-state index in [0.717, 1.165) is 122 Å². The third-order valence-corrected chi connectivity index (χ3v) is 12.9. The number of carbonyl (C=O) groups is 1. The lowest BCUT2D eigenvalue weighted by Gasteiger charge is -2.41. The van der Waals surface area contributed by atoms with Crippen LogP contribution in [0.15, 0.2) is 109 Å². The van der Waals surface area contributed by atoms with Crippen molar-refractivity contribution in [1.29, 1.82) is 0 Å². The minimum absolute atomic E-state index is 0.0187. The van der Waals surface area contributed by atoms with Crippen molar-refractivity contribution >= 4 is 16.4 Å². The third-order valence-electron chi connectivity index (χ3n) is 12.4. The van der Waals surface area contributed by atoms with Crippen LogP contribution in [0.5, 0.6) is 0 Å². The molecule has 0 aromatic carbocycles. The number of ether oxygens (including phenoxy) is 4. The van der Waals surface area contributed by atoms with Crippen LogP contribution in [-0.4, -0.2) is 97.5 Å². The van der Waals surface area contributed by atoms with Gasteiger partial charge in [0.25, 0.3) is 0 Å². The lowest BCUT2D eigenvalue weighted by molar-refractivity contribution is -0.301. The Labute approximate surface area is 449 Å². The average molecular weight is 1060 g/mol. The maximum absolute atomic E-state index is 13.0. The summed E-state index contributed by atoms with van der Waals surface area (Å²) < 4.78 is 59.4. The van der Waals surface area contributed by atoms with Gasteiger partial charge in [-0.05, 0) is 96.3 Å². The van der Waals surface area contributed by atoms with Crippen molar-refractivity contribution in [1.82, 2.24) is 0 Å². The number of carbonyl (C=O) groups excluding carboxylic acids is 1. The van der Waals surface area contributed by atoms with Gasteiger partial charge in [0.05, 0.1) is 19.8 Å². The summed E-state index contributed by atoms with van der Waals surface area (Å²) in [6.07, 6.45) is 62.6. The van der Waals surface area contributed by atoms with Crippen molar-refractivity contribution < 1.29 is 56.2 Å². The number of rotatable bonds is 49. The van der Waals surface area contributed by atoms with Gasteiger partial charge in [0.2, 0.25) is 0 Å². The normalized spacial score (nSPS) is 19.6. The van der Waals surface area contributed by atoms with Gasteiger partial charge >= 0.3 is 16.4 Å². The van der Waals surface area contributed by atoms with Gasteiger partial charge in [-0.25, -0.2) is 4.18 Å². The predicted molar refractivity (Wildman–Crippen MR) is 303 cm³/mol. The second-order valence-electron chi connectivity index (χ2n) is 19.1. The summed E-state index contributed by atoms with van der Waals surface area (Å²) in [6, 6.07) is 0. The highest BCUT2D eigenvalue weighted by Crippen LogP contribution is 2.26. The molecule has 1 saturated heterocycles. The molecule has 74 heavy (non-hydrogen) atoms. The van der Waals surface area contributed by atoms with E-state index in [-0.39, 0.29) is 19.6 Å². The summed E-state index contributed by atoms with van der Waals surface area (Å²) in [5, 5.41) is 30.9. The van der Waals surface area contributed by atoms with E-state index < -0.39 is 59.8 Å². The van der Waals surface area contributed by atoms with Crippen molar-refractivity contribution in [2.75, 3.05) is 26.4 Å².